The number of nitrogens with zero attached hydrogens (tertiary/aromatic N) is 1. The van der Waals surface area contributed by atoms with Crippen molar-refractivity contribution in [2.24, 2.45) is 0 Å². The number of fused-ring (bicyclic) bond motifs is 1. The van der Waals surface area contributed by atoms with Crippen LogP contribution in [0.1, 0.15) is 42.3 Å². The van der Waals surface area contributed by atoms with Crippen molar-refractivity contribution < 1.29 is 9.53 Å². The first-order valence-electron chi connectivity index (χ1n) is 8.87. The third-order valence-corrected chi connectivity index (χ3v) is 5.93. The molecule has 5 heteroatoms. The van der Waals surface area contributed by atoms with E-state index in [2.05, 4.69) is 42.7 Å². The van der Waals surface area contributed by atoms with Crippen LogP contribution in [-0.4, -0.2) is 37.0 Å². The Morgan fingerprint density at radius 3 is 2.80 bits per heavy atom. The van der Waals surface area contributed by atoms with Gasteiger partial charge in [0.05, 0.1) is 19.7 Å². The molecule has 2 heterocycles. The van der Waals surface area contributed by atoms with Gasteiger partial charge in [0.25, 0.3) is 0 Å². The first-order chi connectivity index (χ1) is 12.1. The molecule has 1 amide bonds. The highest BCUT2D eigenvalue weighted by molar-refractivity contribution is 7.10. The van der Waals surface area contributed by atoms with Gasteiger partial charge in [-0.1, -0.05) is 19.1 Å². The van der Waals surface area contributed by atoms with E-state index >= 15 is 0 Å². The Morgan fingerprint density at radius 1 is 1.36 bits per heavy atom. The summed E-state index contributed by atoms with van der Waals surface area (Å²) in [5.74, 6) is 0.999. The highest BCUT2D eigenvalue weighted by Gasteiger charge is 2.32. The van der Waals surface area contributed by atoms with Gasteiger partial charge in [0.1, 0.15) is 5.75 Å². The number of carbonyl (C=O) groups is 1. The van der Waals surface area contributed by atoms with Crippen LogP contribution in [0.4, 0.5) is 0 Å². The third-order valence-electron chi connectivity index (χ3n) is 4.93. The molecule has 2 atom stereocenters. The SMILES string of the molecule is CC[C@@H](C)NCC(=O)N1CCc2sccc2[C@H]1c1ccc(OC)cc1. The van der Waals surface area contributed by atoms with Crippen molar-refractivity contribution in [1.82, 2.24) is 10.2 Å². The van der Waals surface area contributed by atoms with Crippen molar-refractivity contribution in [3.05, 3.63) is 51.7 Å². The van der Waals surface area contributed by atoms with E-state index in [-0.39, 0.29) is 11.9 Å². The minimum Gasteiger partial charge on any atom is -0.497 e. The van der Waals surface area contributed by atoms with Gasteiger partial charge >= 0.3 is 0 Å². The van der Waals surface area contributed by atoms with Crippen molar-refractivity contribution in [3.8, 4) is 5.75 Å². The Kier molecular flexibility index (Phi) is 5.76. The standard InChI is InChI=1S/C20H26N2O2S/c1-4-14(2)21-13-19(23)22-11-9-18-17(10-12-25-18)20(22)15-5-7-16(24-3)8-6-15/h5-8,10,12,14,20-21H,4,9,11,13H2,1-3H3/t14-,20-/m1/s1. The number of benzene rings is 1. The van der Waals surface area contributed by atoms with Crippen molar-refractivity contribution >= 4 is 17.2 Å². The predicted molar refractivity (Wildman–Crippen MR) is 102 cm³/mol. The van der Waals surface area contributed by atoms with E-state index in [1.54, 1.807) is 18.4 Å². The van der Waals surface area contributed by atoms with Gasteiger partial charge in [0.15, 0.2) is 0 Å². The monoisotopic (exact) mass is 358 g/mol. The number of nitrogens with one attached hydrogen (secondary N) is 1. The molecule has 134 valence electrons. The van der Waals surface area contributed by atoms with Crippen LogP contribution in [-0.2, 0) is 11.2 Å². The topological polar surface area (TPSA) is 41.6 Å². The van der Waals surface area contributed by atoms with Crippen molar-refractivity contribution in [2.75, 3.05) is 20.2 Å². The van der Waals surface area contributed by atoms with Crippen LogP contribution in [0.25, 0.3) is 0 Å². The zero-order valence-electron chi connectivity index (χ0n) is 15.1. The Balaban J connectivity index is 1.87. The molecule has 0 saturated carbocycles. The van der Waals surface area contributed by atoms with Crippen molar-refractivity contribution in [3.63, 3.8) is 0 Å². The maximum atomic E-state index is 12.9. The normalized spacial score (nSPS) is 17.9. The van der Waals surface area contributed by atoms with Crippen LogP contribution in [0.3, 0.4) is 0 Å². The number of methoxy groups -OCH3 is 1. The lowest BCUT2D eigenvalue weighted by Crippen LogP contribution is -2.45. The summed E-state index contributed by atoms with van der Waals surface area (Å²) in [6.07, 6.45) is 1.96. The smallest absolute Gasteiger partial charge is 0.237 e. The highest BCUT2D eigenvalue weighted by atomic mass is 32.1. The zero-order chi connectivity index (χ0) is 17.8. The van der Waals surface area contributed by atoms with Gasteiger partial charge in [-0.15, -0.1) is 11.3 Å². The number of rotatable bonds is 6. The summed E-state index contributed by atoms with van der Waals surface area (Å²) in [7, 11) is 1.67. The summed E-state index contributed by atoms with van der Waals surface area (Å²) >= 11 is 1.79. The second-order valence-electron chi connectivity index (χ2n) is 6.50. The average molecular weight is 359 g/mol. The fraction of sp³-hybridized carbons (Fsp3) is 0.450. The molecule has 0 aliphatic carbocycles. The Morgan fingerprint density at radius 2 is 2.12 bits per heavy atom. The van der Waals surface area contributed by atoms with E-state index in [9.17, 15) is 4.79 Å². The maximum Gasteiger partial charge on any atom is 0.237 e. The van der Waals surface area contributed by atoms with E-state index in [4.69, 9.17) is 4.74 Å². The van der Waals surface area contributed by atoms with Crippen LogP contribution in [0.15, 0.2) is 35.7 Å². The van der Waals surface area contributed by atoms with E-state index in [1.165, 1.54) is 10.4 Å². The van der Waals surface area contributed by atoms with Gasteiger partial charge < -0.3 is 15.0 Å². The molecule has 1 aliphatic rings. The molecule has 3 rings (SSSR count). The van der Waals surface area contributed by atoms with E-state index in [1.807, 2.05) is 17.0 Å². The summed E-state index contributed by atoms with van der Waals surface area (Å²) in [4.78, 5) is 16.3. The Labute approximate surface area is 153 Å². The molecule has 1 aromatic carbocycles. The zero-order valence-corrected chi connectivity index (χ0v) is 15.9. The summed E-state index contributed by atoms with van der Waals surface area (Å²) < 4.78 is 5.27. The van der Waals surface area contributed by atoms with Gasteiger partial charge in [0, 0.05) is 17.5 Å². The molecule has 1 aliphatic heterocycles. The largest absolute Gasteiger partial charge is 0.497 e. The minimum absolute atomic E-state index is 0.00728. The molecule has 0 bridgehead atoms. The van der Waals surface area contributed by atoms with E-state index < -0.39 is 0 Å². The van der Waals surface area contributed by atoms with Gasteiger partial charge in [-0.05, 0) is 54.5 Å². The number of thiophene rings is 1. The Bertz CT molecular complexity index is 711. The minimum atomic E-state index is -0.00728. The van der Waals surface area contributed by atoms with Gasteiger partial charge in [-0.25, -0.2) is 0 Å². The quantitative estimate of drug-likeness (QED) is 0.857. The van der Waals surface area contributed by atoms with Gasteiger partial charge in [-0.2, -0.15) is 0 Å². The summed E-state index contributed by atoms with van der Waals surface area (Å²) in [6, 6.07) is 10.6. The fourth-order valence-corrected chi connectivity index (χ4v) is 4.14. The second-order valence-corrected chi connectivity index (χ2v) is 7.50. The number of amides is 1. The van der Waals surface area contributed by atoms with E-state index in [0.717, 1.165) is 30.7 Å². The van der Waals surface area contributed by atoms with E-state index in [0.29, 0.717) is 12.6 Å². The summed E-state index contributed by atoms with van der Waals surface area (Å²) in [5, 5.41) is 5.46. The molecule has 0 radical (unpaired) electrons. The molecular formula is C20H26N2O2S. The number of hydrogen-bond acceptors (Lipinski definition) is 4. The molecular weight excluding hydrogens is 332 g/mol. The maximum absolute atomic E-state index is 12.9. The molecule has 1 aromatic heterocycles. The van der Waals surface area contributed by atoms with Crippen molar-refractivity contribution in [2.45, 2.75) is 38.8 Å². The third kappa shape index (κ3) is 3.88. The molecule has 0 fully saturated rings. The molecule has 0 saturated heterocycles. The average Bonchev–Trinajstić information content (AvgIpc) is 3.13. The lowest BCUT2D eigenvalue weighted by atomic mass is 9.93. The van der Waals surface area contributed by atoms with Gasteiger partial charge in [0.2, 0.25) is 5.91 Å². The highest BCUT2D eigenvalue weighted by Crippen LogP contribution is 2.38. The fourth-order valence-electron chi connectivity index (χ4n) is 3.24. The molecule has 25 heavy (non-hydrogen) atoms. The van der Waals surface area contributed by atoms with Crippen LogP contribution in [0, 0.1) is 0 Å². The predicted octanol–water partition coefficient (Wildman–Crippen LogP) is 3.62. The number of hydrogen-bond donors (Lipinski definition) is 1. The Hall–Kier alpha value is -1.85. The first-order valence-corrected chi connectivity index (χ1v) is 9.75. The molecule has 1 N–H and O–H groups in total. The lowest BCUT2D eigenvalue weighted by molar-refractivity contribution is -0.132. The van der Waals surface area contributed by atoms with Crippen molar-refractivity contribution in [1.29, 1.82) is 0 Å². The van der Waals surface area contributed by atoms with Crippen LogP contribution in [0.5, 0.6) is 5.75 Å². The van der Waals surface area contributed by atoms with Crippen LogP contribution < -0.4 is 10.1 Å². The van der Waals surface area contributed by atoms with Crippen LogP contribution >= 0.6 is 11.3 Å². The second kappa shape index (κ2) is 8.02. The number of ether oxygens (including phenoxy) is 1. The molecule has 0 spiro atoms. The molecule has 2 aromatic rings. The van der Waals surface area contributed by atoms with Crippen LogP contribution in [0.2, 0.25) is 0 Å². The molecule has 0 unspecified atom stereocenters. The summed E-state index contributed by atoms with van der Waals surface area (Å²) in [5.41, 5.74) is 2.40. The van der Waals surface area contributed by atoms with Gasteiger partial charge in [-0.3, -0.25) is 4.79 Å². The summed E-state index contributed by atoms with van der Waals surface area (Å²) in [6.45, 7) is 5.40. The first kappa shape index (κ1) is 18.0. The molecule has 4 nitrogen and oxygen atoms in total. The lowest BCUT2D eigenvalue weighted by Gasteiger charge is -2.36. The number of carbonyl (C=O) groups excluding carboxylic acids is 1.